The van der Waals surface area contributed by atoms with Crippen LogP contribution < -0.4 is 15.5 Å². The molecule has 2 aliphatic rings. The van der Waals surface area contributed by atoms with Gasteiger partial charge in [-0.2, -0.15) is 0 Å². The lowest BCUT2D eigenvalue weighted by Gasteiger charge is -2.29. The van der Waals surface area contributed by atoms with Gasteiger partial charge in [-0.15, -0.1) is 0 Å². The minimum absolute atomic E-state index is 0.0626. The second kappa shape index (κ2) is 24.7. The highest BCUT2D eigenvalue weighted by Crippen LogP contribution is 2.34. The number of amides is 3. The Kier molecular flexibility index (Phi) is 18.7. The van der Waals surface area contributed by atoms with Crippen molar-refractivity contribution in [3.63, 3.8) is 0 Å². The van der Waals surface area contributed by atoms with Gasteiger partial charge in [0.15, 0.2) is 0 Å². The molecule has 1 aromatic heterocycles. The first-order chi connectivity index (χ1) is 31.8. The molecular weight excluding hydrogens is 837 g/mol. The number of nitrogens with one attached hydrogen (secondary N) is 2. The number of likely N-dealkylation sites (N-methyl/N-ethyl adjacent to an activating group) is 2. The minimum atomic E-state index is -0.503. The zero-order chi connectivity index (χ0) is 46.9. The number of rotatable bonds is 22. The van der Waals surface area contributed by atoms with Crippen molar-refractivity contribution in [3.05, 3.63) is 113 Å². The van der Waals surface area contributed by atoms with Gasteiger partial charge in [0.25, 0.3) is 17.7 Å². The first kappa shape index (κ1) is 49.8. The molecule has 1 aliphatic carbocycles. The Labute approximate surface area is 390 Å². The van der Waals surface area contributed by atoms with E-state index in [2.05, 4.69) is 32.6 Å². The SMILES string of the molecule is CN(CCOCCOCCOCCC(=O)OC(C)(C)C)CCN(C)C(=O)c1cccc(C(=O)Nc2ccc(N3CCCCC3)cc2-c2cc(C(=O)N[C@H]3CCCc4ccccc43)ccn2)c1. The molecule has 0 radical (unpaired) electrons. The molecule has 2 heterocycles. The number of carbonyl (C=O) groups excluding carboxylic acids is 4. The largest absolute Gasteiger partial charge is 0.460 e. The minimum Gasteiger partial charge on any atom is -0.460 e. The molecule has 0 unspecified atom stereocenters. The monoisotopic (exact) mass is 905 g/mol. The Morgan fingerprint density at radius 1 is 0.727 bits per heavy atom. The zero-order valence-electron chi connectivity index (χ0n) is 39.4. The molecule has 1 fully saturated rings. The van der Waals surface area contributed by atoms with Gasteiger partial charge >= 0.3 is 5.97 Å². The molecule has 14 nitrogen and oxygen atoms in total. The molecule has 1 saturated heterocycles. The van der Waals surface area contributed by atoms with E-state index in [1.165, 1.54) is 17.5 Å². The van der Waals surface area contributed by atoms with Gasteiger partial charge in [0, 0.05) is 73.9 Å². The maximum absolute atomic E-state index is 14.0. The highest BCUT2D eigenvalue weighted by Gasteiger charge is 2.24. The van der Waals surface area contributed by atoms with Crippen molar-refractivity contribution in [1.29, 1.82) is 0 Å². The Bertz CT molecular complexity index is 2240. The number of benzene rings is 3. The molecule has 3 amide bonds. The molecule has 6 rings (SSSR count). The van der Waals surface area contributed by atoms with Crippen LogP contribution in [0.4, 0.5) is 11.4 Å². The van der Waals surface area contributed by atoms with E-state index >= 15 is 0 Å². The van der Waals surface area contributed by atoms with Gasteiger partial charge in [-0.25, -0.2) is 0 Å². The van der Waals surface area contributed by atoms with Gasteiger partial charge in [0.2, 0.25) is 0 Å². The molecule has 4 aromatic rings. The first-order valence-electron chi connectivity index (χ1n) is 23.4. The number of ether oxygens (including phenoxy) is 4. The Morgan fingerprint density at radius 3 is 2.21 bits per heavy atom. The molecule has 0 saturated carbocycles. The quantitative estimate of drug-likeness (QED) is 0.0593. The topological polar surface area (TPSA) is 152 Å². The van der Waals surface area contributed by atoms with E-state index in [1.54, 1.807) is 54.5 Å². The van der Waals surface area contributed by atoms with Crippen molar-refractivity contribution in [3.8, 4) is 11.3 Å². The van der Waals surface area contributed by atoms with E-state index < -0.39 is 5.60 Å². The van der Waals surface area contributed by atoms with Crippen molar-refractivity contribution >= 4 is 35.1 Å². The fourth-order valence-corrected chi connectivity index (χ4v) is 8.12. The van der Waals surface area contributed by atoms with Crippen molar-refractivity contribution in [2.24, 2.45) is 0 Å². The fraction of sp³-hybridized carbons (Fsp3) is 0.481. The summed E-state index contributed by atoms with van der Waals surface area (Å²) in [4.78, 5) is 63.8. The molecular formula is C52H68N6O8. The van der Waals surface area contributed by atoms with Crippen LogP contribution in [-0.4, -0.2) is 131 Å². The average molecular weight is 905 g/mol. The lowest BCUT2D eigenvalue weighted by atomic mass is 9.87. The van der Waals surface area contributed by atoms with E-state index in [0.29, 0.717) is 86.3 Å². The molecule has 1 aliphatic heterocycles. The van der Waals surface area contributed by atoms with E-state index in [-0.39, 0.29) is 42.8 Å². The highest BCUT2D eigenvalue weighted by atomic mass is 16.6. The molecule has 354 valence electrons. The summed E-state index contributed by atoms with van der Waals surface area (Å²) in [6.07, 6.45) is 8.17. The number of carbonyl (C=O) groups is 4. The van der Waals surface area contributed by atoms with Gasteiger partial charge < -0.3 is 44.3 Å². The summed E-state index contributed by atoms with van der Waals surface area (Å²) < 4.78 is 22.0. The number of fused-ring (bicyclic) bond motifs is 1. The van der Waals surface area contributed by atoms with Crippen molar-refractivity contribution < 1.29 is 38.1 Å². The predicted octanol–water partition coefficient (Wildman–Crippen LogP) is 7.58. The maximum Gasteiger partial charge on any atom is 0.308 e. The smallest absolute Gasteiger partial charge is 0.308 e. The van der Waals surface area contributed by atoms with Crippen LogP contribution >= 0.6 is 0 Å². The first-order valence-corrected chi connectivity index (χ1v) is 23.4. The van der Waals surface area contributed by atoms with Gasteiger partial charge in [0.1, 0.15) is 5.60 Å². The number of piperidine rings is 1. The number of esters is 1. The Morgan fingerprint density at radius 2 is 1.44 bits per heavy atom. The third-order valence-electron chi connectivity index (χ3n) is 11.7. The number of hydrogen-bond acceptors (Lipinski definition) is 11. The number of hydrogen-bond donors (Lipinski definition) is 2. The van der Waals surface area contributed by atoms with Crippen LogP contribution in [0.25, 0.3) is 11.3 Å². The third kappa shape index (κ3) is 15.2. The molecule has 1 atom stereocenters. The summed E-state index contributed by atoms with van der Waals surface area (Å²) in [7, 11) is 3.73. The Balaban J connectivity index is 0.993. The van der Waals surface area contributed by atoms with Crippen molar-refractivity contribution in [2.75, 3.05) is 96.7 Å². The summed E-state index contributed by atoms with van der Waals surface area (Å²) in [5.74, 6) is -1.01. The van der Waals surface area contributed by atoms with Crippen LogP contribution in [0.5, 0.6) is 0 Å². The second-order valence-corrected chi connectivity index (χ2v) is 18.1. The lowest BCUT2D eigenvalue weighted by molar-refractivity contribution is -0.156. The van der Waals surface area contributed by atoms with Crippen LogP contribution in [0.3, 0.4) is 0 Å². The second-order valence-electron chi connectivity index (χ2n) is 18.1. The molecule has 0 spiro atoms. The van der Waals surface area contributed by atoms with Crippen molar-refractivity contribution in [2.45, 2.75) is 77.4 Å². The van der Waals surface area contributed by atoms with E-state index in [9.17, 15) is 19.2 Å². The van der Waals surface area contributed by atoms with Crippen LogP contribution in [0.15, 0.2) is 85.1 Å². The standard InChI is InChI=1S/C52H68N6O8/c1-52(2,3)66-48(59)22-29-63-31-33-65-34-32-64-30-28-56(4)26-27-57(5)51(62)41-16-11-15-39(35-41)49(60)55-46-20-19-42(58-24-9-6-10-25-58)37-44(46)47-36-40(21-23-53-47)50(61)54-45-18-12-14-38-13-7-8-17-43(38)45/h7-8,11,13,15-17,19-21,23,35-37,45H,6,9-10,12,14,18,22,24-34H2,1-5H3,(H,54,61)(H,55,60)/t45-/m0/s1. The van der Waals surface area contributed by atoms with Crippen LogP contribution in [0.1, 0.15) is 108 Å². The number of aromatic nitrogens is 1. The summed E-state index contributed by atoms with van der Waals surface area (Å²) in [6, 6.07) is 24.5. The Hall–Kier alpha value is -5.67. The van der Waals surface area contributed by atoms with E-state index in [1.807, 2.05) is 58.2 Å². The summed E-state index contributed by atoms with van der Waals surface area (Å²) in [5.41, 5.74) is 6.05. The maximum atomic E-state index is 14.0. The molecule has 14 heteroatoms. The van der Waals surface area contributed by atoms with E-state index in [0.717, 1.165) is 50.9 Å². The van der Waals surface area contributed by atoms with Gasteiger partial charge in [-0.05, 0) is 126 Å². The van der Waals surface area contributed by atoms with Crippen LogP contribution in [0.2, 0.25) is 0 Å². The normalized spacial score (nSPS) is 14.9. The van der Waals surface area contributed by atoms with E-state index in [4.69, 9.17) is 23.9 Å². The predicted molar refractivity (Wildman–Crippen MR) is 257 cm³/mol. The average Bonchev–Trinajstić information content (AvgIpc) is 3.32. The van der Waals surface area contributed by atoms with Gasteiger partial charge in [-0.1, -0.05) is 30.3 Å². The number of aryl methyl sites for hydroxylation is 1. The molecule has 0 bridgehead atoms. The lowest BCUT2D eigenvalue weighted by Crippen LogP contribution is -2.36. The van der Waals surface area contributed by atoms with Gasteiger partial charge in [-0.3, -0.25) is 24.2 Å². The highest BCUT2D eigenvalue weighted by molar-refractivity contribution is 6.08. The summed E-state index contributed by atoms with van der Waals surface area (Å²) in [6.45, 7) is 11.6. The molecule has 66 heavy (non-hydrogen) atoms. The fourth-order valence-electron chi connectivity index (χ4n) is 8.12. The number of pyridine rings is 1. The molecule has 2 N–H and O–H groups in total. The third-order valence-corrected chi connectivity index (χ3v) is 11.7. The van der Waals surface area contributed by atoms with Crippen LogP contribution in [0, 0.1) is 0 Å². The molecule has 3 aromatic carbocycles. The summed E-state index contributed by atoms with van der Waals surface area (Å²) in [5, 5.41) is 6.37. The summed E-state index contributed by atoms with van der Waals surface area (Å²) >= 11 is 0. The zero-order valence-corrected chi connectivity index (χ0v) is 39.4. The van der Waals surface area contributed by atoms with Gasteiger partial charge in [0.05, 0.1) is 63.5 Å². The van der Waals surface area contributed by atoms with Crippen molar-refractivity contribution in [1.82, 2.24) is 20.1 Å². The number of nitrogens with zero attached hydrogens (tertiary/aromatic N) is 4. The van der Waals surface area contributed by atoms with Crippen LogP contribution in [-0.2, 0) is 30.2 Å². The number of anilines is 2.